The smallest absolute Gasteiger partial charge is 0.414 e. The Balaban J connectivity index is 0.000000501. The molecule has 9 heteroatoms. The van der Waals surface area contributed by atoms with E-state index in [4.69, 9.17) is 24.5 Å². The highest BCUT2D eigenvalue weighted by atomic mass is 79.9. The normalized spacial score (nSPS) is 13.7. The van der Waals surface area contributed by atoms with Gasteiger partial charge in [0.25, 0.3) is 5.91 Å². The van der Waals surface area contributed by atoms with E-state index >= 15 is 0 Å². The van der Waals surface area contributed by atoms with Crippen molar-refractivity contribution < 1.29 is 29.3 Å². The summed E-state index contributed by atoms with van der Waals surface area (Å²) in [6.07, 6.45) is 0. The van der Waals surface area contributed by atoms with Crippen molar-refractivity contribution in [2.24, 2.45) is 0 Å². The van der Waals surface area contributed by atoms with Gasteiger partial charge in [0.05, 0.1) is 0 Å². The molecule has 1 saturated heterocycles. The fraction of sp³-hybridized carbons (Fsp3) is 0.318. The summed E-state index contributed by atoms with van der Waals surface area (Å²) in [4.78, 5) is 34.8. The number of amides is 1. The number of carbonyl (C=O) groups excluding carboxylic acids is 1. The van der Waals surface area contributed by atoms with Gasteiger partial charge in [0.1, 0.15) is 5.75 Å². The molecule has 1 heterocycles. The second kappa shape index (κ2) is 12.1. The summed E-state index contributed by atoms with van der Waals surface area (Å²) in [5.41, 5.74) is 2.46. The largest absolute Gasteiger partial charge is 0.484 e. The standard InChI is InChI=1S/C20H23BrN2O2.C2H2O4/c1-16-6-8-18(9-7-16)25-15-20(24)23-12-10-22(11-13-23)14-17-4-2-3-5-19(17)21;3-1(4)2(5)6/h2-9H,10-15H2,1H3;(H,3,4)(H,5,6). The third-order valence-electron chi connectivity index (χ3n) is 4.64. The molecular weight excluding hydrogens is 468 g/mol. The minimum atomic E-state index is -1.82. The van der Waals surface area contributed by atoms with Gasteiger partial charge in [-0.3, -0.25) is 9.69 Å². The van der Waals surface area contributed by atoms with Gasteiger partial charge in [-0.15, -0.1) is 0 Å². The van der Waals surface area contributed by atoms with Crippen molar-refractivity contribution in [1.82, 2.24) is 9.80 Å². The van der Waals surface area contributed by atoms with Crippen LogP contribution in [0.4, 0.5) is 0 Å². The molecule has 0 aliphatic carbocycles. The third-order valence-corrected chi connectivity index (χ3v) is 5.42. The highest BCUT2D eigenvalue weighted by molar-refractivity contribution is 9.10. The lowest BCUT2D eigenvalue weighted by atomic mass is 10.2. The Hall–Kier alpha value is -2.91. The number of carbonyl (C=O) groups is 3. The van der Waals surface area contributed by atoms with E-state index in [1.807, 2.05) is 42.2 Å². The number of aryl methyl sites for hydroxylation is 1. The number of aliphatic carboxylic acids is 2. The van der Waals surface area contributed by atoms with E-state index in [-0.39, 0.29) is 12.5 Å². The van der Waals surface area contributed by atoms with Gasteiger partial charge < -0.3 is 19.8 Å². The molecule has 8 nitrogen and oxygen atoms in total. The second-order valence-corrected chi connectivity index (χ2v) is 7.81. The molecule has 2 N–H and O–H groups in total. The SMILES string of the molecule is Cc1ccc(OCC(=O)N2CCN(Cc3ccccc3Br)CC2)cc1.O=C(O)C(=O)O. The number of halogens is 1. The monoisotopic (exact) mass is 492 g/mol. The molecule has 0 spiro atoms. The van der Waals surface area contributed by atoms with Crippen molar-refractivity contribution in [3.05, 3.63) is 64.1 Å². The Morgan fingerprint density at radius 3 is 2.06 bits per heavy atom. The summed E-state index contributed by atoms with van der Waals surface area (Å²) in [7, 11) is 0. The molecule has 0 radical (unpaired) electrons. The van der Waals surface area contributed by atoms with E-state index in [0.717, 1.165) is 42.9 Å². The lowest BCUT2D eigenvalue weighted by Gasteiger charge is -2.34. The zero-order valence-corrected chi connectivity index (χ0v) is 18.7. The Kier molecular flexibility index (Phi) is 9.48. The van der Waals surface area contributed by atoms with Crippen LogP contribution in [-0.2, 0) is 20.9 Å². The van der Waals surface area contributed by atoms with Gasteiger partial charge in [-0.2, -0.15) is 0 Å². The zero-order chi connectivity index (χ0) is 22.8. The summed E-state index contributed by atoms with van der Waals surface area (Å²) >= 11 is 3.60. The van der Waals surface area contributed by atoms with E-state index in [9.17, 15) is 4.79 Å². The minimum Gasteiger partial charge on any atom is -0.484 e. The summed E-state index contributed by atoms with van der Waals surface area (Å²) in [6, 6.07) is 16.1. The van der Waals surface area contributed by atoms with Crippen molar-refractivity contribution in [1.29, 1.82) is 0 Å². The Labute approximate surface area is 189 Å². The van der Waals surface area contributed by atoms with Crippen LogP contribution in [0.2, 0.25) is 0 Å². The fourth-order valence-corrected chi connectivity index (χ4v) is 3.30. The Bertz CT molecular complexity index is 883. The highest BCUT2D eigenvalue weighted by Gasteiger charge is 2.21. The molecule has 1 aliphatic heterocycles. The van der Waals surface area contributed by atoms with Gasteiger partial charge in [-0.05, 0) is 30.7 Å². The summed E-state index contributed by atoms with van der Waals surface area (Å²) in [5.74, 6) is -2.85. The van der Waals surface area contributed by atoms with Crippen LogP contribution in [0, 0.1) is 6.92 Å². The minimum absolute atomic E-state index is 0.0566. The topological polar surface area (TPSA) is 107 Å². The average molecular weight is 493 g/mol. The van der Waals surface area contributed by atoms with Crippen molar-refractivity contribution >= 4 is 33.8 Å². The van der Waals surface area contributed by atoms with E-state index in [0.29, 0.717) is 0 Å². The number of rotatable bonds is 5. The van der Waals surface area contributed by atoms with Crippen LogP contribution in [0.5, 0.6) is 5.75 Å². The number of carboxylic acids is 2. The van der Waals surface area contributed by atoms with Crippen molar-refractivity contribution in [2.75, 3.05) is 32.8 Å². The molecule has 2 aromatic carbocycles. The maximum atomic E-state index is 12.3. The number of carboxylic acid groups (broad SMARTS) is 2. The van der Waals surface area contributed by atoms with Crippen LogP contribution in [-0.4, -0.2) is 70.6 Å². The molecular formula is C22H25BrN2O6. The summed E-state index contributed by atoms with van der Waals surface area (Å²) < 4.78 is 6.74. The number of piperazine rings is 1. The number of hydrogen-bond donors (Lipinski definition) is 2. The van der Waals surface area contributed by atoms with Crippen LogP contribution in [0.1, 0.15) is 11.1 Å². The van der Waals surface area contributed by atoms with Gasteiger partial charge in [-0.1, -0.05) is 51.8 Å². The van der Waals surface area contributed by atoms with Gasteiger partial charge in [0.2, 0.25) is 0 Å². The molecule has 0 bridgehead atoms. The molecule has 0 unspecified atom stereocenters. The van der Waals surface area contributed by atoms with Crippen LogP contribution >= 0.6 is 15.9 Å². The zero-order valence-electron chi connectivity index (χ0n) is 17.2. The molecule has 2 aromatic rings. The molecule has 3 rings (SSSR count). The quantitative estimate of drug-likeness (QED) is 0.617. The van der Waals surface area contributed by atoms with Crippen LogP contribution in [0.3, 0.4) is 0 Å². The number of nitrogens with zero attached hydrogens (tertiary/aromatic N) is 2. The van der Waals surface area contributed by atoms with Crippen LogP contribution in [0.25, 0.3) is 0 Å². The van der Waals surface area contributed by atoms with Crippen molar-refractivity contribution in [3.63, 3.8) is 0 Å². The van der Waals surface area contributed by atoms with Crippen molar-refractivity contribution in [3.8, 4) is 5.75 Å². The summed E-state index contributed by atoms with van der Waals surface area (Å²) in [5, 5.41) is 14.8. The first-order valence-electron chi connectivity index (χ1n) is 9.65. The first kappa shape index (κ1) is 24.4. The van der Waals surface area contributed by atoms with Gasteiger partial charge in [0.15, 0.2) is 6.61 Å². The molecule has 1 amide bonds. The summed E-state index contributed by atoms with van der Waals surface area (Å²) in [6.45, 7) is 6.31. The predicted octanol–water partition coefficient (Wildman–Crippen LogP) is 2.64. The Morgan fingerprint density at radius 1 is 0.935 bits per heavy atom. The molecule has 1 aliphatic rings. The van der Waals surface area contributed by atoms with Crippen molar-refractivity contribution in [2.45, 2.75) is 13.5 Å². The lowest BCUT2D eigenvalue weighted by Crippen LogP contribution is -2.49. The molecule has 0 saturated carbocycles. The Morgan fingerprint density at radius 2 is 1.52 bits per heavy atom. The lowest BCUT2D eigenvalue weighted by molar-refractivity contribution is -0.159. The average Bonchev–Trinajstić information content (AvgIpc) is 2.75. The highest BCUT2D eigenvalue weighted by Crippen LogP contribution is 2.18. The van der Waals surface area contributed by atoms with Gasteiger partial charge >= 0.3 is 11.9 Å². The fourth-order valence-electron chi connectivity index (χ4n) is 2.89. The molecule has 1 fully saturated rings. The van der Waals surface area contributed by atoms with Gasteiger partial charge in [0, 0.05) is 37.2 Å². The molecule has 0 atom stereocenters. The van der Waals surface area contributed by atoms with E-state index in [1.54, 1.807) is 0 Å². The van der Waals surface area contributed by atoms with E-state index in [2.05, 4.69) is 39.0 Å². The first-order chi connectivity index (χ1) is 14.8. The molecule has 31 heavy (non-hydrogen) atoms. The number of ether oxygens (including phenoxy) is 1. The van der Waals surface area contributed by atoms with E-state index in [1.165, 1.54) is 11.1 Å². The maximum Gasteiger partial charge on any atom is 0.414 e. The van der Waals surface area contributed by atoms with Crippen LogP contribution < -0.4 is 4.74 Å². The third kappa shape index (κ3) is 8.39. The van der Waals surface area contributed by atoms with Gasteiger partial charge in [-0.25, -0.2) is 9.59 Å². The molecule has 0 aromatic heterocycles. The molecule has 166 valence electrons. The van der Waals surface area contributed by atoms with Crippen LogP contribution in [0.15, 0.2) is 53.0 Å². The predicted molar refractivity (Wildman–Crippen MR) is 118 cm³/mol. The van der Waals surface area contributed by atoms with E-state index < -0.39 is 11.9 Å². The number of benzene rings is 2. The number of hydrogen-bond acceptors (Lipinski definition) is 5. The second-order valence-electron chi connectivity index (χ2n) is 6.96. The first-order valence-corrected chi connectivity index (χ1v) is 10.4. The maximum absolute atomic E-state index is 12.3.